The number of rotatable bonds is 3. The lowest BCUT2D eigenvalue weighted by molar-refractivity contribution is 0.188. The third-order valence-electron chi connectivity index (χ3n) is 2.04. The second-order valence-electron chi connectivity index (χ2n) is 3.41. The van der Waals surface area contributed by atoms with Gasteiger partial charge in [-0.25, -0.2) is 8.42 Å². The molecule has 0 bridgehead atoms. The zero-order valence-corrected chi connectivity index (χ0v) is 12.1. The summed E-state index contributed by atoms with van der Waals surface area (Å²) in [5, 5.41) is 9.93. The highest BCUT2D eigenvalue weighted by Crippen LogP contribution is 2.42. The molecular weight excluding hydrogens is 365 g/mol. The molecule has 0 aliphatic heterocycles. The van der Waals surface area contributed by atoms with Crippen molar-refractivity contribution in [3.63, 3.8) is 0 Å². The standard InChI is InChI=1S/C9H11ClINO3S/c1-16(14,15)9(10,11)8(13)6-3-2-4-7(12)5-6/h2-5,8,13H,12H2,1H3/t8-,9-/m0/s1. The molecule has 0 unspecified atom stereocenters. The fourth-order valence-corrected chi connectivity index (χ4v) is 2.15. The normalized spacial score (nSPS) is 17.8. The predicted octanol–water partition coefficient (Wildman–Crippen LogP) is 1.67. The Balaban J connectivity index is 3.17. The minimum absolute atomic E-state index is 0.370. The Kier molecular flexibility index (Phi) is 4.09. The number of aliphatic hydroxyl groups is 1. The van der Waals surface area contributed by atoms with E-state index in [1.807, 2.05) is 0 Å². The van der Waals surface area contributed by atoms with Gasteiger partial charge in [0.15, 0.2) is 9.84 Å². The van der Waals surface area contributed by atoms with Gasteiger partial charge in [0.2, 0.25) is 2.21 Å². The summed E-state index contributed by atoms with van der Waals surface area (Å²) in [7, 11) is -3.60. The summed E-state index contributed by atoms with van der Waals surface area (Å²) in [6, 6.07) is 6.33. The fraction of sp³-hybridized carbons (Fsp3) is 0.333. The first-order valence-electron chi connectivity index (χ1n) is 4.27. The van der Waals surface area contributed by atoms with Crippen LogP contribution in [0.15, 0.2) is 24.3 Å². The lowest BCUT2D eigenvalue weighted by Crippen LogP contribution is -2.32. The van der Waals surface area contributed by atoms with Crippen LogP contribution in [0.25, 0.3) is 0 Å². The van der Waals surface area contributed by atoms with E-state index in [9.17, 15) is 13.5 Å². The maximum absolute atomic E-state index is 11.4. The Morgan fingerprint density at radius 2 is 2.12 bits per heavy atom. The number of nitrogens with two attached hydrogens (primary N) is 1. The fourth-order valence-electron chi connectivity index (χ4n) is 1.13. The largest absolute Gasteiger partial charge is 0.399 e. The number of halogens is 2. The Morgan fingerprint density at radius 1 is 1.56 bits per heavy atom. The second kappa shape index (κ2) is 4.67. The topological polar surface area (TPSA) is 80.4 Å². The molecule has 0 fully saturated rings. The van der Waals surface area contributed by atoms with Gasteiger partial charge in [-0.05, 0) is 40.3 Å². The predicted molar refractivity (Wildman–Crippen MR) is 73.3 cm³/mol. The van der Waals surface area contributed by atoms with Crippen molar-refractivity contribution in [2.45, 2.75) is 8.32 Å². The molecule has 0 amide bonds. The summed E-state index contributed by atoms with van der Waals surface area (Å²) in [5.41, 5.74) is 6.35. The first kappa shape index (κ1) is 14.0. The molecule has 0 spiro atoms. The summed E-state index contributed by atoms with van der Waals surface area (Å²) in [6.45, 7) is 0. The highest BCUT2D eigenvalue weighted by molar-refractivity contribution is 14.1. The molecule has 0 aliphatic rings. The van der Waals surface area contributed by atoms with Crippen molar-refractivity contribution >= 4 is 49.7 Å². The number of anilines is 1. The molecule has 0 saturated carbocycles. The number of aliphatic hydroxyl groups excluding tert-OH is 1. The van der Waals surface area contributed by atoms with Gasteiger partial charge in [0.1, 0.15) is 6.10 Å². The molecule has 4 nitrogen and oxygen atoms in total. The number of alkyl halides is 2. The molecule has 1 aromatic rings. The average Bonchev–Trinajstić information content (AvgIpc) is 2.14. The van der Waals surface area contributed by atoms with Crippen molar-refractivity contribution in [1.29, 1.82) is 0 Å². The van der Waals surface area contributed by atoms with E-state index in [1.165, 1.54) is 28.7 Å². The molecular formula is C9H11ClINO3S. The molecule has 90 valence electrons. The van der Waals surface area contributed by atoms with Crippen LogP contribution in [-0.4, -0.2) is 22.0 Å². The molecule has 0 saturated heterocycles. The number of nitrogen functional groups attached to an aromatic ring is 1. The van der Waals surface area contributed by atoms with E-state index in [4.69, 9.17) is 17.3 Å². The Hall–Kier alpha value is -0.0500. The van der Waals surface area contributed by atoms with Crippen LogP contribution in [0.4, 0.5) is 5.69 Å². The third-order valence-corrected chi connectivity index (χ3v) is 7.29. The molecule has 7 heteroatoms. The van der Waals surface area contributed by atoms with Crippen molar-refractivity contribution < 1.29 is 13.5 Å². The minimum Gasteiger partial charge on any atom is -0.399 e. The first-order valence-corrected chi connectivity index (χ1v) is 7.62. The quantitative estimate of drug-likeness (QED) is 0.478. The molecule has 0 aromatic heterocycles. The van der Waals surface area contributed by atoms with E-state index < -0.39 is 18.2 Å². The van der Waals surface area contributed by atoms with Gasteiger partial charge in [-0.2, -0.15) is 0 Å². The molecule has 0 aliphatic carbocycles. The monoisotopic (exact) mass is 375 g/mol. The van der Waals surface area contributed by atoms with Gasteiger partial charge in [-0.1, -0.05) is 23.7 Å². The van der Waals surface area contributed by atoms with Crippen LogP contribution in [0.5, 0.6) is 0 Å². The summed E-state index contributed by atoms with van der Waals surface area (Å²) in [4.78, 5) is 0. The Morgan fingerprint density at radius 3 is 2.56 bits per heavy atom. The van der Waals surface area contributed by atoms with Crippen LogP contribution < -0.4 is 5.73 Å². The maximum Gasteiger partial charge on any atom is 0.224 e. The smallest absolute Gasteiger partial charge is 0.224 e. The van der Waals surface area contributed by atoms with E-state index >= 15 is 0 Å². The first-order chi connectivity index (χ1) is 7.16. The highest BCUT2D eigenvalue weighted by atomic mass is 127. The van der Waals surface area contributed by atoms with Crippen molar-refractivity contribution in [3.05, 3.63) is 29.8 Å². The minimum atomic E-state index is -3.60. The van der Waals surface area contributed by atoms with Crippen LogP contribution in [0.2, 0.25) is 0 Å². The van der Waals surface area contributed by atoms with Crippen molar-refractivity contribution in [2.75, 3.05) is 12.0 Å². The molecule has 16 heavy (non-hydrogen) atoms. The van der Waals surface area contributed by atoms with E-state index in [2.05, 4.69) is 0 Å². The van der Waals surface area contributed by atoms with Crippen LogP contribution in [-0.2, 0) is 9.84 Å². The van der Waals surface area contributed by atoms with Crippen LogP contribution in [0.1, 0.15) is 11.7 Å². The SMILES string of the molecule is CS(=O)(=O)[C@@](Cl)(I)[C@@H](O)c1cccc(N)c1. The van der Waals surface area contributed by atoms with Gasteiger partial charge >= 0.3 is 0 Å². The molecule has 2 atom stereocenters. The summed E-state index contributed by atoms with van der Waals surface area (Å²) in [6.07, 6.45) is -0.365. The molecule has 0 radical (unpaired) electrons. The lowest BCUT2D eigenvalue weighted by Gasteiger charge is -2.24. The Labute approximate surface area is 113 Å². The van der Waals surface area contributed by atoms with Crippen molar-refractivity contribution in [1.82, 2.24) is 0 Å². The third kappa shape index (κ3) is 2.79. The van der Waals surface area contributed by atoms with E-state index in [-0.39, 0.29) is 0 Å². The molecule has 1 rings (SSSR count). The van der Waals surface area contributed by atoms with E-state index in [1.54, 1.807) is 18.2 Å². The van der Waals surface area contributed by atoms with E-state index in [0.29, 0.717) is 11.3 Å². The summed E-state index contributed by atoms with van der Waals surface area (Å²) < 4.78 is 21.1. The number of hydrogen-bond acceptors (Lipinski definition) is 4. The average molecular weight is 376 g/mol. The molecule has 3 N–H and O–H groups in total. The zero-order valence-electron chi connectivity index (χ0n) is 8.39. The summed E-state index contributed by atoms with van der Waals surface area (Å²) in [5.74, 6) is 0. The lowest BCUT2D eigenvalue weighted by atomic mass is 10.1. The summed E-state index contributed by atoms with van der Waals surface area (Å²) >= 11 is 7.37. The van der Waals surface area contributed by atoms with Gasteiger partial charge in [-0.15, -0.1) is 0 Å². The second-order valence-corrected chi connectivity index (χ2v) is 9.49. The number of benzene rings is 1. The van der Waals surface area contributed by atoms with Gasteiger partial charge in [0.05, 0.1) is 0 Å². The van der Waals surface area contributed by atoms with E-state index in [0.717, 1.165) is 6.26 Å². The van der Waals surface area contributed by atoms with Gasteiger partial charge in [0.25, 0.3) is 0 Å². The molecule has 1 aromatic carbocycles. The van der Waals surface area contributed by atoms with Crippen molar-refractivity contribution in [3.8, 4) is 0 Å². The van der Waals surface area contributed by atoms with Crippen LogP contribution in [0, 0.1) is 0 Å². The molecule has 0 heterocycles. The van der Waals surface area contributed by atoms with Crippen LogP contribution >= 0.6 is 34.2 Å². The van der Waals surface area contributed by atoms with Crippen LogP contribution in [0.3, 0.4) is 0 Å². The van der Waals surface area contributed by atoms with Gasteiger partial charge in [-0.3, -0.25) is 0 Å². The zero-order chi connectivity index (χ0) is 12.6. The van der Waals surface area contributed by atoms with Crippen molar-refractivity contribution in [2.24, 2.45) is 0 Å². The van der Waals surface area contributed by atoms with Gasteiger partial charge in [0, 0.05) is 11.9 Å². The number of sulfone groups is 1. The highest BCUT2D eigenvalue weighted by Gasteiger charge is 2.44. The van der Waals surface area contributed by atoms with Gasteiger partial charge < -0.3 is 10.8 Å². The Bertz CT molecular complexity index is 489. The number of hydrogen-bond donors (Lipinski definition) is 2. The maximum atomic E-state index is 11.4.